The smallest absolute Gasteiger partial charge is 0.668 e. The second-order valence-corrected chi connectivity index (χ2v) is 24.7. The molecular weight excluding hydrogens is 623 g/mol. The molecule has 2 rings (SSSR count). The molecule has 4 nitrogen and oxygen atoms in total. The van der Waals surface area contributed by atoms with Crippen LogP contribution in [0.15, 0.2) is 48.2 Å². The summed E-state index contributed by atoms with van der Waals surface area (Å²) in [5.41, 5.74) is 9.88. The number of hydrogen-bond acceptors (Lipinski definition) is 1. The van der Waals surface area contributed by atoms with E-state index in [9.17, 15) is 0 Å². The van der Waals surface area contributed by atoms with Crippen LogP contribution in [0.1, 0.15) is 129 Å². The minimum Gasteiger partial charge on any atom is -0.668 e. The van der Waals surface area contributed by atoms with E-state index in [0.29, 0.717) is 23.7 Å². The van der Waals surface area contributed by atoms with Gasteiger partial charge in [0.05, 0.1) is 0 Å². The number of hydrogen-bond donors (Lipinski definition) is 1. The van der Waals surface area contributed by atoms with E-state index in [2.05, 4.69) is 156 Å². The van der Waals surface area contributed by atoms with Crippen LogP contribution in [0.5, 0.6) is 0 Å². The molecular formula is C39H70CaN3OSi2+. The standard InChI is InChI=1S/C29H41N2.C6H18NSi2.C4H10O.Ca/c1-18(2)24-13-11-14-25(19(3)4)28(24)30-22(9)17-23(10)31-29-26(20(5)6)15-12-16-27(29)21(7)8;1-8(2,3)7-9(4,5)6;1-3-5-4-2;/h11-21H,1-10H3;1-6H3;3-4H2,1-2H3;/q2*-1;;+2/p+1/b22-17-,31-23?;;;. The first kappa shape index (κ1) is 47.4. The Morgan fingerprint density at radius 3 is 1.28 bits per heavy atom. The van der Waals surface area contributed by atoms with Crippen LogP contribution in [0.25, 0.3) is 9.96 Å². The maximum atomic E-state index is 5.10. The molecule has 0 amide bonds. The number of nitrogens with zero attached hydrogens (tertiary/aromatic N) is 2. The SMILES string of the molecule is CC(/C=C(/C)[N-]c1c(C(C)C)cccc1C(C)C)=[NH+]c1c(C(C)C)cccc1C(C)C.CCOCC.C[Si](C)(C)[N-][Si](C)(C)C.[Ca+2]. The van der Waals surface area contributed by atoms with Crippen LogP contribution in [-0.2, 0) is 4.74 Å². The summed E-state index contributed by atoms with van der Waals surface area (Å²) >= 11 is 0. The summed E-state index contributed by atoms with van der Waals surface area (Å²) in [7, 11) is -2.21. The number of allylic oxidation sites excluding steroid dienone is 2. The average Bonchev–Trinajstić information content (AvgIpc) is 2.87. The monoisotopic (exact) mass is 692 g/mol. The molecule has 7 heteroatoms. The summed E-state index contributed by atoms with van der Waals surface area (Å²) < 4.78 is 9.65. The molecule has 0 bridgehead atoms. The Morgan fingerprint density at radius 1 is 0.674 bits per heavy atom. The van der Waals surface area contributed by atoms with Crippen molar-refractivity contribution in [1.82, 2.24) is 0 Å². The largest absolute Gasteiger partial charge is 2.00 e. The van der Waals surface area contributed by atoms with Crippen molar-refractivity contribution in [2.45, 2.75) is 146 Å². The summed E-state index contributed by atoms with van der Waals surface area (Å²) in [6, 6.07) is 13.2. The minimum atomic E-state index is -1.11. The van der Waals surface area contributed by atoms with Crippen LogP contribution < -0.4 is 4.99 Å². The second-order valence-electron chi connectivity index (χ2n) is 15.2. The number of para-hydroxylation sites is 2. The van der Waals surface area contributed by atoms with Gasteiger partial charge in [0.25, 0.3) is 0 Å². The number of rotatable bonds is 12. The topological polar surface area (TPSA) is 51.4 Å². The summed E-state index contributed by atoms with van der Waals surface area (Å²) in [6.07, 6.45) is 2.17. The Labute approximate surface area is 318 Å². The Balaban J connectivity index is 0. The zero-order chi connectivity index (χ0) is 35.1. The fraction of sp³-hybridized carbons (Fsp3) is 0.615. The van der Waals surface area contributed by atoms with Crippen molar-refractivity contribution in [1.29, 1.82) is 0 Å². The van der Waals surface area contributed by atoms with Crippen LogP contribution in [0.2, 0.25) is 39.3 Å². The van der Waals surface area contributed by atoms with Gasteiger partial charge in [0.2, 0.25) is 5.69 Å². The first-order valence-corrected chi connectivity index (χ1v) is 24.1. The normalized spacial score (nSPS) is 12.5. The summed E-state index contributed by atoms with van der Waals surface area (Å²) in [5, 5.41) is 5.10. The molecule has 0 heterocycles. The third kappa shape index (κ3) is 19.3. The Kier molecular flexibility index (Phi) is 23.5. The van der Waals surface area contributed by atoms with Crippen molar-refractivity contribution in [2.24, 2.45) is 0 Å². The average molecular weight is 693 g/mol. The van der Waals surface area contributed by atoms with Gasteiger partial charge < -0.3 is 14.7 Å². The van der Waals surface area contributed by atoms with E-state index in [1.807, 2.05) is 13.8 Å². The van der Waals surface area contributed by atoms with Crippen molar-refractivity contribution in [2.75, 3.05) is 13.2 Å². The molecule has 1 N–H and O–H groups in total. The summed E-state index contributed by atoms with van der Waals surface area (Å²) in [6.45, 7) is 41.7. The van der Waals surface area contributed by atoms with Crippen LogP contribution in [0.3, 0.4) is 0 Å². The first-order chi connectivity index (χ1) is 20.6. The molecule has 0 aliphatic carbocycles. The molecule has 0 unspecified atom stereocenters. The van der Waals surface area contributed by atoms with E-state index in [4.69, 9.17) is 14.7 Å². The molecule has 0 saturated heterocycles. The molecule has 0 aliphatic rings. The molecule has 46 heavy (non-hydrogen) atoms. The number of ether oxygens (including phenoxy) is 1. The van der Waals surface area contributed by atoms with E-state index in [-0.39, 0.29) is 37.7 Å². The van der Waals surface area contributed by atoms with Gasteiger partial charge in [-0.15, -0.1) is 5.69 Å². The Hall–Kier alpha value is -0.736. The maximum absolute atomic E-state index is 5.10. The quantitative estimate of drug-likeness (QED) is 0.175. The first-order valence-electron chi connectivity index (χ1n) is 17.2. The van der Waals surface area contributed by atoms with Crippen molar-refractivity contribution in [3.63, 3.8) is 0 Å². The van der Waals surface area contributed by atoms with E-state index < -0.39 is 16.5 Å². The van der Waals surface area contributed by atoms with Crippen LogP contribution in [-0.4, -0.2) is 73.1 Å². The molecule has 0 saturated carbocycles. The molecule has 2 aromatic rings. The molecule has 0 aliphatic heterocycles. The fourth-order valence-corrected chi connectivity index (χ4v) is 13.4. The third-order valence-corrected chi connectivity index (χ3v) is 12.2. The minimum absolute atomic E-state index is 0. The second kappa shape index (κ2) is 22.8. The predicted molar refractivity (Wildman–Crippen MR) is 215 cm³/mol. The Bertz CT molecular complexity index is 1140. The Morgan fingerprint density at radius 2 is 1.02 bits per heavy atom. The van der Waals surface area contributed by atoms with Crippen molar-refractivity contribution in [3.8, 4) is 0 Å². The zero-order valence-electron chi connectivity index (χ0n) is 33.3. The van der Waals surface area contributed by atoms with Crippen molar-refractivity contribution in [3.05, 3.63) is 80.4 Å². The van der Waals surface area contributed by atoms with E-state index in [0.717, 1.165) is 30.3 Å². The maximum Gasteiger partial charge on any atom is 2.00 e. The van der Waals surface area contributed by atoms with Crippen molar-refractivity contribution >= 4 is 71.3 Å². The van der Waals surface area contributed by atoms with Gasteiger partial charge in [-0.2, -0.15) is 5.70 Å². The molecule has 2 aromatic carbocycles. The van der Waals surface area contributed by atoms with Gasteiger partial charge in [0, 0.05) is 31.3 Å². The van der Waals surface area contributed by atoms with Crippen LogP contribution >= 0.6 is 0 Å². The van der Waals surface area contributed by atoms with Crippen LogP contribution in [0, 0.1) is 0 Å². The number of benzene rings is 2. The molecule has 0 aromatic heterocycles. The van der Waals surface area contributed by atoms with Gasteiger partial charge >= 0.3 is 37.7 Å². The fourth-order valence-electron chi connectivity index (χ4n) is 5.30. The molecule has 256 valence electrons. The molecule has 0 radical (unpaired) electrons. The van der Waals surface area contributed by atoms with Gasteiger partial charge in [0.15, 0.2) is 5.71 Å². The van der Waals surface area contributed by atoms with E-state index in [1.54, 1.807) is 0 Å². The number of nitrogens with one attached hydrogen (secondary N) is 1. The summed E-state index contributed by atoms with van der Waals surface area (Å²) in [5.74, 6) is 1.82. The molecule has 0 atom stereocenters. The third-order valence-electron chi connectivity index (χ3n) is 6.83. The van der Waals surface area contributed by atoms with E-state index in [1.165, 1.54) is 27.9 Å². The predicted octanol–water partition coefficient (Wildman–Crippen LogP) is 11.7. The van der Waals surface area contributed by atoms with Gasteiger partial charge in [-0.25, -0.2) is 4.99 Å². The summed E-state index contributed by atoms with van der Waals surface area (Å²) in [4.78, 5) is 3.71. The van der Waals surface area contributed by atoms with Gasteiger partial charge in [-0.05, 0) is 43.6 Å². The van der Waals surface area contributed by atoms with Gasteiger partial charge in [-0.3, -0.25) is 0 Å². The van der Waals surface area contributed by atoms with Gasteiger partial charge in [-0.1, -0.05) is 166 Å². The zero-order valence-corrected chi connectivity index (χ0v) is 37.5. The van der Waals surface area contributed by atoms with Crippen LogP contribution in [0.4, 0.5) is 11.4 Å². The van der Waals surface area contributed by atoms with Crippen molar-refractivity contribution < 1.29 is 9.73 Å². The molecule has 0 fully saturated rings. The van der Waals surface area contributed by atoms with Gasteiger partial charge in [0.1, 0.15) is 0 Å². The van der Waals surface area contributed by atoms with E-state index >= 15 is 0 Å². The molecule has 0 spiro atoms.